The molecule has 1 unspecified atom stereocenters. The number of benzene rings is 2. The van der Waals surface area contributed by atoms with Crippen molar-refractivity contribution in [1.82, 2.24) is 9.88 Å². The number of aromatic nitrogens is 1. The van der Waals surface area contributed by atoms with E-state index in [2.05, 4.69) is 10.3 Å². The lowest BCUT2D eigenvalue weighted by Gasteiger charge is -2.26. The molecule has 1 atom stereocenters. The first-order valence-electron chi connectivity index (χ1n) is 8.46. The van der Waals surface area contributed by atoms with E-state index in [1.54, 1.807) is 11.0 Å². The zero-order chi connectivity index (χ0) is 18.8. The summed E-state index contributed by atoms with van der Waals surface area (Å²) in [6.07, 6.45) is 0.361. The molecule has 0 fully saturated rings. The average molecular weight is 381 g/mol. The van der Waals surface area contributed by atoms with Crippen LogP contribution >= 0.6 is 11.3 Å². The minimum absolute atomic E-state index is 0.174. The minimum Gasteiger partial charge on any atom is -0.322 e. The van der Waals surface area contributed by atoms with E-state index in [-0.39, 0.29) is 16.9 Å². The van der Waals surface area contributed by atoms with E-state index in [4.69, 9.17) is 0 Å². The number of fused-ring (bicyclic) bond motifs is 1. The van der Waals surface area contributed by atoms with Crippen LogP contribution in [0.5, 0.6) is 0 Å². The molecule has 3 aromatic rings. The molecule has 1 aromatic heterocycles. The van der Waals surface area contributed by atoms with Gasteiger partial charge in [-0.05, 0) is 17.2 Å². The summed E-state index contributed by atoms with van der Waals surface area (Å²) in [7, 11) is 0. The number of hydrogen-bond donors (Lipinski definition) is 1. The van der Waals surface area contributed by atoms with E-state index in [9.17, 15) is 14.0 Å². The first kappa shape index (κ1) is 17.4. The normalized spacial score (nSPS) is 14.1. The van der Waals surface area contributed by atoms with Crippen LogP contribution in [0.25, 0.3) is 0 Å². The summed E-state index contributed by atoms with van der Waals surface area (Å²) in [6.45, 7) is 0.367. The fourth-order valence-corrected chi connectivity index (χ4v) is 3.77. The SMILES string of the molecule is O=C(Nc1nc(F)cs1)C(Cc1ccccc1)N1Cc2ccccc2C1=O. The van der Waals surface area contributed by atoms with Gasteiger partial charge in [0.15, 0.2) is 5.13 Å². The van der Waals surface area contributed by atoms with Crippen LogP contribution in [0, 0.1) is 5.95 Å². The molecule has 2 amide bonds. The van der Waals surface area contributed by atoms with Gasteiger partial charge in [-0.1, -0.05) is 48.5 Å². The van der Waals surface area contributed by atoms with Crippen LogP contribution in [-0.4, -0.2) is 27.7 Å². The van der Waals surface area contributed by atoms with Gasteiger partial charge in [0.2, 0.25) is 11.9 Å². The molecule has 7 heteroatoms. The Bertz CT molecular complexity index is 990. The Balaban J connectivity index is 1.62. The Labute approximate surface area is 159 Å². The van der Waals surface area contributed by atoms with Crippen LogP contribution in [0.2, 0.25) is 0 Å². The summed E-state index contributed by atoms with van der Waals surface area (Å²) in [4.78, 5) is 31.0. The first-order valence-corrected chi connectivity index (χ1v) is 9.34. The molecule has 27 heavy (non-hydrogen) atoms. The van der Waals surface area contributed by atoms with Crippen molar-refractivity contribution in [2.24, 2.45) is 0 Å². The molecule has 2 heterocycles. The molecular formula is C20H16FN3O2S. The molecule has 0 saturated carbocycles. The second kappa shape index (κ2) is 7.28. The van der Waals surface area contributed by atoms with Crippen molar-refractivity contribution in [3.63, 3.8) is 0 Å². The lowest BCUT2D eigenvalue weighted by Crippen LogP contribution is -2.45. The summed E-state index contributed by atoms with van der Waals surface area (Å²) in [6, 6.07) is 16.1. The number of anilines is 1. The van der Waals surface area contributed by atoms with Crippen LogP contribution in [0.15, 0.2) is 60.0 Å². The maximum absolute atomic E-state index is 13.2. The predicted octanol–water partition coefficient (Wildman–Crippen LogP) is 3.49. The largest absolute Gasteiger partial charge is 0.322 e. The second-order valence-corrected chi connectivity index (χ2v) is 7.12. The van der Waals surface area contributed by atoms with E-state index >= 15 is 0 Å². The number of carbonyl (C=O) groups excluding carboxylic acids is 2. The van der Waals surface area contributed by atoms with Gasteiger partial charge in [-0.2, -0.15) is 9.37 Å². The van der Waals surface area contributed by atoms with E-state index in [1.807, 2.05) is 48.5 Å². The van der Waals surface area contributed by atoms with Crippen molar-refractivity contribution < 1.29 is 14.0 Å². The molecule has 1 aliphatic rings. The maximum atomic E-state index is 13.2. The predicted molar refractivity (Wildman–Crippen MR) is 101 cm³/mol. The van der Waals surface area contributed by atoms with Gasteiger partial charge in [-0.25, -0.2) is 0 Å². The molecule has 4 rings (SSSR count). The van der Waals surface area contributed by atoms with E-state index < -0.39 is 12.0 Å². The molecule has 5 nitrogen and oxygen atoms in total. The van der Waals surface area contributed by atoms with E-state index in [0.29, 0.717) is 18.5 Å². The van der Waals surface area contributed by atoms with Crippen molar-refractivity contribution in [2.45, 2.75) is 19.0 Å². The Morgan fingerprint density at radius 3 is 2.63 bits per heavy atom. The number of halogens is 1. The topological polar surface area (TPSA) is 62.3 Å². The summed E-state index contributed by atoms with van der Waals surface area (Å²) >= 11 is 1.01. The van der Waals surface area contributed by atoms with Crippen LogP contribution in [0.1, 0.15) is 21.5 Å². The molecule has 1 N–H and O–H groups in total. The summed E-state index contributed by atoms with van der Waals surface area (Å²) in [5, 5.41) is 4.04. The fourth-order valence-electron chi connectivity index (χ4n) is 3.21. The smallest absolute Gasteiger partial charge is 0.255 e. The molecule has 0 spiro atoms. The van der Waals surface area contributed by atoms with Gasteiger partial charge in [0.25, 0.3) is 5.91 Å². The standard InChI is InChI=1S/C20H16FN3O2S/c21-17-12-27-20(22-17)23-18(25)16(10-13-6-2-1-3-7-13)24-11-14-8-4-5-9-15(14)19(24)26/h1-9,12,16H,10-11H2,(H,22,23,25). The Kier molecular flexibility index (Phi) is 4.68. The maximum Gasteiger partial charge on any atom is 0.255 e. The number of nitrogens with one attached hydrogen (secondary N) is 1. The number of nitrogens with zero attached hydrogens (tertiary/aromatic N) is 2. The van der Waals surface area contributed by atoms with Gasteiger partial charge < -0.3 is 10.2 Å². The number of hydrogen-bond acceptors (Lipinski definition) is 4. The van der Waals surface area contributed by atoms with Gasteiger partial charge in [0, 0.05) is 23.9 Å². The molecular weight excluding hydrogens is 365 g/mol. The molecule has 0 bridgehead atoms. The highest BCUT2D eigenvalue weighted by Gasteiger charge is 2.36. The van der Waals surface area contributed by atoms with Crippen molar-refractivity contribution in [3.05, 3.63) is 82.6 Å². The average Bonchev–Trinajstić information content (AvgIpc) is 3.24. The summed E-state index contributed by atoms with van der Waals surface area (Å²) in [5.41, 5.74) is 2.45. The third-order valence-corrected chi connectivity index (χ3v) is 5.24. The monoisotopic (exact) mass is 381 g/mol. The van der Waals surface area contributed by atoms with Gasteiger partial charge in [-0.3, -0.25) is 9.59 Å². The van der Waals surface area contributed by atoms with Crippen molar-refractivity contribution >= 4 is 28.3 Å². The molecule has 0 aliphatic carbocycles. The lowest BCUT2D eigenvalue weighted by atomic mass is 10.0. The van der Waals surface area contributed by atoms with Crippen LogP contribution in [-0.2, 0) is 17.8 Å². The highest BCUT2D eigenvalue weighted by molar-refractivity contribution is 7.13. The summed E-state index contributed by atoms with van der Waals surface area (Å²) < 4.78 is 13.2. The first-order chi connectivity index (χ1) is 13.1. The summed E-state index contributed by atoms with van der Waals surface area (Å²) in [5.74, 6) is -1.19. The van der Waals surface area contributed by atoms with Crippen molar-refractivity contribution in [2.75, 3.05) is 5.32 Å². The Morgan fingerprint density at radius 1 is 1.19 bits per heavy atom. The Morgan fingerprint density at radius 2 is 1.93 bits per heavy atom. The zero-order valence-corrected chi connectivity index (χ0v) is 15.1. The van der Waals surface area contributed by atoms with Crippen LogP contribution in [0.4, 0.5) is 9.52 Å². The minimum atomic E-state index is -0.723. The van der Waals surface area contributed by atoms with Crippen molar-refractivity contribution in [1.29, 1.82) is 0 Å². The van der Waals surface area contributed by atoms with E-state index in [0.717, 1.165) is 22.5 Å². The van der Waals surface area contributed by atoms with Gasteiger partial charge >= 0.3 is 0 Å². The number of thiazole rings is 1. The Hall–Kier alpha value is -3.06. The van der Waals surface area contributed by atoms with Gasteiger partial charge in [0.05, 0.1) is 0 Å². The van der Waals surface area contributed by atoms with Gasteiger partial charge in [-0.15, -0.1) is 11.3 Å². The zero-order valence-electron chi connectivity index (χ0n) is 14.3. The van der Waals surface area contributed by atoms with Gasteiger partial charge in [0.1, 0.15) is 6.04 Å². The molecule has 1 aliphatic heterocycles. The lowest BCUT2D eigenvalue weighted by molar-refractivity contribution is -0.120. The van der Waals surface area contributed by atoms with E-state index in [1.165, 1.54) is 5.38 Å². The number of carbonyl (C=O) groups is 2. The third-order valence-electron chi connectivity index (χ3n) is 4.51. The van der Waals surface area contributed by atoms with Crippen LogP contribution in [0.3, 0.4) is 0 Å². The van der Waals surface area contributed by atoms with Crippen LogP contribution < -0.4 is 5.32 Å². The molecule has 2 aromatic carbocycles. The molecule has 0 radical (unpaired) electrons. The third kappa shape index (κ3) is 3.59. The quantitative estimate of drug-likeness (QED) is 0.736. The highest BCUT2D eigenvalue weighted by Crippen LogP contribution is 2.26. The second-order valence-electron chi connectivity index (χ2n) is 6.26. The highest BCUT2D eigenvalue weighted by atomic mass is 32.1. The molecule has 0 saturated heterocycles. The number of amides is 2. The molecule has 136 valence electrons. The fraction of sp³-hybridized carbons (Fsp3) is 0.150. The van der Waals surface area contributed by atoms with Crippen molar-refractivity contribution in [3.8, 4) is 0 Å². The number of rotatable bonds is 5.